The fourth-order valence-electron chi connectivity index (χ4n) is 1.85. The number of nitrogens with one attached hydrogen (secondary N) is 1. The zero-order valence-electron chi connectivity index (χ0n) is 11.9. The molecule has 0 saturated carbocycles. The molecule has 7 heteroatoms. The quantitative estimate of drug-likeness (QED) is 0.829. The normalized spacial score (nSPS) is 10.2. The number of benzene rings is 2. The van der Waals surface area contributed by atoms with Gasteiger partial charge < -0.3 is 20.5 Å². The number of carbonyl (C=O) groups is 1. The summed E-state index contributed by atoms with van der Waals surface area (Å²) < 4.78 is 10.3. The maximum atomic E-state index is 12.4. The SMILES string of the molecule is COc1cc(OC)cc(C(=O)Nc2c(N)cc(Cl)cc2Cl)c1. The highest BCUT2D eigenvalue weighted by Crippen LogP contribution is 2.33. The van der Waals surface area contributed by atoms with E-state index in [0.717, 1.165) is 0 Å². The van der Waals surface area contributed by atoms with Gasteiger partial charge in [-0.3, -0.25) is 4.79 Å². The zero-order chi connectivity index (χ0) is 16.3. The van der Waals surface area contributed by atoms with Crippen LogP contribution in [0.4, 0.5) is 11.4 Å². The average molecular weight is 341 g/mol. The van der Waals surface area contributed by atoms with Crippen molar-refractivity contribution in [3.63, 3.8) is 0 Å². The number of nitrogen functional groups attached to an aromatic ring is 1. The van der Waals surface area contributed by atoms with E-state index in [2.05, 4.69) is 5.32 Å². The Bertz CT molecular complexity index is 675. The third-order valence-corrected chi connectivity index (χ3v) is 3.45. The van der Waals surface area contributed by atoms with E-state index in [1.807, 2.05) is 0 Å². The van der Waals surface area contributed by atoms with Gasteiger partial charge in [-0.05, 0) is 24.3 Å². The minimum Gasteiger partial charge on any atom is -0.497 e. The second-order valence-electron chi connectivity index (χ2n) is 4.41. The minimum absolute atomic E-state index is 0.258. The zero-order valence-corrected chi connectivity index (χ0v) is 13.5. The van der Waals surface area contributed by atoms with Crippen molar-refractivity contribution in [3.8, 4) is 11.5 Å². The smallest absolute Gasteiger partial charge is 0.256 e. The van der Waals surface area contributed by atoms with E-state index < -0.39 is 5.91 Å². The average Bonchev–Trinajstić information content (AvgIpc) is 2.49. The first-order valence-electron chi connectivity index (χ1n) is 6.23. The van der Waals surface area contributed by atoms with Crippen LogP contribution in [0.15, 0.2) is 30.3 Å². The van der Waals surface area contributed by atoms with E-state index in [9.17, 15) is 4.79 Å². The number of methoxy groups -OCH3 is 2. The summed E-state index contributed by atoms with van der Waals surface area (Å²) in [6, 6.07) is 7.84. The van der Waals surface area contributed by atoms with Crippen molar-refractivity contribution in [3.05, 3.63) is 45.9 Å². The second kappa shape index (κ2) is 6.77. The molecule has 0 aromatic heterocycles. The van der Waals surface area contributed by atoms with Crippen LogP contribution in [-0.4, -0.2) is 20.1 Å². The molecular formula is C15H14Cl2N2O3. The first-order valence-corrected chi connectivity index (χ1v) is 6.99. The molecule has 0 aliphatic heterocycles. The van der Waals surface area contributed by atoms with Gasteiger partial charge in [-0.15, -0.1) is 0 Å². The summed E-state index contributed by atoms with van der Waals surface area (Å²) in [5.74, 6) is 0.604. The highest BCUT2D eigenvalue weighted by atomic mass is 35.5. The van der Waals surface area contributed by atoms with Crippen molar-refractivity contribution < 1.29 is 14.3 Å². The lowest BCUT2D eigenvalue weighted by atomic mass is 10.1. The monoisotopic (exact) mass is 340 g/mol. The molecule has 5 nitrogen and oxygen atoms in total. The molecule has 2 aromatic carbocycles. The molecule has 0 aliphatic carbocycles. The fourth-order valence-corrected chi connectivity index (χ4v) is 2.41. The van der Waals surface area contributed by atoms with Crippen LogP contribution in [0, 0.1) is 0 Å². The number of ether oxygens (including phenoxy) is 2. The largest absolute Gasteiger partial charge is 0.497 e. The molecule has 0 bridgehead atoms. The maximum absolute atomic E-state index is 12.4. The third kappa shape index (κ3) is 3.55. The lowest BCUT2D eigenvalue weighted by Crippen LogP contribution is -2.14. The van der Waals surface area contributed by atoms with Crippen LogP contribution in [0.5, 0.6) is 11.5 Å². The molecule has 0 unspecified atom stereocenters. The molecule has 116 valence electrons. The van der Waals surface area contributed by atoms with Crippen molar-refractivity contribution in [2.75, 3.05) is 25.3 Å². The van der Waals surface area contributed by atoms with Crippen LogP contribution in [0.25, 0.3) is 0 Å². The van der Waals surface area contributed by atoms with Gasteiger partial charge in [0.15, 0.2) is 0 Å². The Morgan fingerprint density at radius 2 is 1.64 bits per heavy atom. The molecule has 0 heterocycles. The Kier molecular flexibility index (Phi) is 5.00. The summed E-state index contributed by atoms with van der Waals surface area (Å²) in [5.41, 5.74) is 6.76. The second-order valence-corrected chi connectivity index (χ2v) is 5.25. The minimum atomic E-state index is -0.395. The fraction of sp³-hybridized carbons (Fsp3) is 0.133. The molecule has 0 radical (unpaired) electrons. The van der Waals surface area contributed by atoms with Crippen molar-refractivity contribution in [1.82, 2.24) is 0 Å². The molecule has 0 fully saturated rings. The molecule has 2 aromatic rings. The number of nitrogens with two attached hydrogens (primary N) is 1. The van der Waals surface area contributed by atoms with Crippen LogP contribution >= 0.6 is 23.2 Å². The summed E-state index contributed by atoms with van der Waals surface area (Å²) in [6.45, 7) is 0. The predicted molar refractivity (Wildman–Crippen MR) is 88.4 cm³/mol. The van der Waals surface area contributed by atoms with Gasteiger partial charge in [-0.25, -0.2) is 0 Å². The van der Waals surface area contributed by atoms with Gasteiger partial charge in [0.1, 0.15) is 11.5 Å². The topological polar surface area (TPSA) is 73.6 Å². The van der Waals surface area contributed by atoms with Gasteiger partial charge in [0, 0.05) is 16.7 Å². The van der Waals surface area contributed by atoms with Crippen molar-refractivity contribution in [2.45, 2.75) is 0 Å². The van der Waals surface area contributed by atoms with E-state index in [-0.39, 0.29) is 10.7 Å². The Morgan fingerprint density at radius 3 is 2.14 bits per heavy atom. The van der Waals surface area contributed by atoms with Crippen molar-refractivity contribution >= 4 is 40.5 Å². The van der Waals surface area contributed by atoms with E-state index >= 15 is 0 Å². The molecule has 0 aliphatic rings. The summed E-state index contributed by atoms with van der Waals surface area (Å²) in [4.78, 5) is 12.4. The Balaban J connectivity index is 2.34. The van der Waals surface area contributed by atoms with Gasteiger partial charge in [0.25, 0.3) is 5.91 Å². The molecule has 0 atom stereocenters. The number of hydrogen-bond donors (Lipinski definition) is 2. The molecule has 2 rings (SSSR count). The van der Waals surface area contributed by atoms with E-state index in [1.165, 1.54) is 26.4 Å². The number of halogens is 2. The number of rotatable bonds is 4. The van der Waals surface area contributed by atoms with E-state index in [0.29, 0.717) is 27.8 Å². The van der Waals surface area contributed by atoms with Crippen LogP contribution in [0.3, 0.4) is 0 Å². The first-order chi connectivity index (χ1) is 10.4. The number of amides is 1. The molecule has 1 amide bonds. The van der Waals surface area contributed by atoms with E-state index in [1.54, 1.807) is 18.2 Å². The summed E-state index contributed by atoms with van der Waals surface area (Å²) >= 11 is 11.9. The van der Waals surface area contributed by atoms with Crippen molar-refractivity contribution in [1.29, 1.82) is 0 Å². The molecule has 22 heavy (non-hydrogen) atoms. The van der Waals surface area contributed by atoms with Crippen LogP contribution in [-0.2, 0) is 0 Å². The van der Waals surface area contributed by atoms with Crippen LogP contribution in [0.1, 0.15) is 10.4 Å². The van der Waals surface area contributed by atoms with E-state index in [4.69, 9.17) is 38.4 Å². The van der Waals surface area contributed by atoms with Crippen LogP contribution < -0.4 is 20.5 Å². The molecular weight excluding hydrogens is 327 g/mol. The van der Waals surface area contributed by atoms with Gasteiger partial charge >= 0.3 is 0 Å². The molecule has 0 spiro atoms. The summed E-state index contributed by atoms with van der Waals surface area (Å²) in [5, 5.41) is 3.31. The highest BCUT2D eigenvalue weighted by Gasteiger charge is 2.14. The van der Waals surface area contributed by atoms with Gasteiger partial charge in [0.2, 0.25) is 0 Å². The lowest BCUT2D eigenvalue weighted by molar-refractivity contribution is 0.102. The number of carbonyl (C=O) groups excluding carboxylic acids is 1. The predicted octanol–water partition coefficient (Wildman–Crippen LogP) is 3.85. The number of hydrogen-bond acceptors (Lipinski definition) is 4. The van der Waals surface area contributed by atoms with Gasteiger partial charge in [-0.2, -0.15) is 0 Å². The summed E-state index contributed by atoms with van der Waals surface area (Å²) in [7, 11) is 3.01. The van der Waals surface area contributed by atoms with Crippen LogP contribution in [0.2, 0.25) is 10.0 Å². The maximum Gasteiger partial charge on any atom is 0.256 e. The standard InChI is InChI=1S/C15H14Cl2N2O3/c1-21-10-3-8(4-11(7-10)22-2)15(20)19-14-12(17)5-9(16)6-13(14)18/h3-7H,18H2,1-2H3,(H,19,20). The number of anilines is 2. The Morgan fingerprint density at radius 1 is 1.05 bits per heavy atom. The Labute approximate surface area is 137 Å². The first kappa shape index (κ1) is 16.3. The van der Waals surface area contributed by atoms with Crippen molar-refractivity contribution in [2.24, 2.45) is 0 Å². The lowest BCUT2D eigenvalue weighted by Gasteiger charge is -2.12. The Hall–Kier alpha value is -2.11. The molecule has 0 saturated heterocycles. The van der Waals surface area contributed by atoms with Gasteiger partial charge in [-0.1, -0.05) is 23.2 Å². The van der Waals surface area contributed by atoms with Gasteiger partial charge in [0.05, 0.1) is 30.6 Å². The summed E-state index contributed by atoms with van der Waals surface area (Å²) in [6.07, 6.45) is 0. The third-order valence-electron chi connectivity index (χ3n) is 2.94. The highest BCUT2D eigenvalue weighted by molar-refractivity contribution is 6.37. The molecule has 3 N–H and O–H groups in total.